The van der Waals surface area contributed by atoms with Crippen LogP contribution in [0.5, 0.6) is 0 Å². The van der Waals surface area contributed by atoms with Crippen molar-refractivity contribution in [1.29, 1.82) is 0 Å². The lowest BCUT2D eigenvalue weighted by Gasteiger charge is -2.33. The van der Waals surface area contributed by atoms with Crippen LogP contribution < -0.4 is 5.84 Å². The molecule has 2 N–H and O–H groups in total. The Hall–Kier alpha value is -2.07. The van der Waals surface area contributed by atoms with Crippen LogP contribution in [-0.2, 0) is 6.54 Å². The Morgan fingerprint density at radius 1 is 1.05 bits per heavy atom. The molecule has 0 aromatic heterocycles. The zero-order chi connectivity index (χ0) is 13.2. The average molecular weight is 255 g/mol. The first-order valence-electron chi connectivity index (χ1n) is 6.53. The molecule has 0 aliphatic carbocycles. The van der Waals surface area contributed by atoms with Crippen molar-refractivity contribution in [3.05, 3.63) is 48.0 Å². The second-order valence-electron chi connectivity index (χ2n) is 4.89. The van der Waals surface area contributed by atoms with Crippen LogP contribution in [0.1, 0.15) is 12.0 Å². The maximum absolute atomic E-state index is 12.0. The smallest absolute Gasteiger partial charge is 0.319 e. The van der Waals surface area contributed by atoms with Gasteiger partial charge in [-0.05, 0) is 22.8 Å². The average Bonchev–Trinajstić information content (AvgIpc) is 2.44. The summed E-state index contributed by atoms with van der Waals surface area (Å²) in [5, 5.41) is 3.70. The molecule has 0 radical (unpaired) electrons. The maximum Gasteiger partial charge on any atom is 0.334 e. The van der Waals surface area contributed by atoms with E-state index in [4.69, 9.17) is 5.84 Å². The van der Waals surface area contributed by atoms with Gasteiger partial charge in [0.25, 0.3) is 0 Å². The third-order valence-electron chi connectivity index (χ3n) is 3.58. The molecule has 4 nitrogen and oxygen atoms in total. The number of carbonyl (C=O) groups is 1. The largest absolute Gasteiger partial charge is 0.334 e. The Morgan fingerprint density at radius 2 is 1.84 bits per heavy atom. The number of nitrogens with zero attached hydrogens (tertiary/aromatic N) is 2. The molecule has 1 aliphatic heterocycles. The van der Waals surface area contributed by atoms with E-state index < -0.39 is 0 Å². The number of hydrogen-bond donors (Lipinski definition) is 1. The van der Waals surface area contributed by atoms with Gasteiger partial charge in [0.1, 0.15) is 0 Å². The summed E-state index contributed by atoms with van der Waals surface area (Å²) in [6.07, 6.45) is 0.924. The molecule has 3 rings (SSSR count). The molecule has 19 heavy (non-hydrogen) atoms. The topological polar surface area (TPSA) is 49.6 Å². The molecule has 2 aromatic rings. The minimum atomic E-state index is -0.0841. The van der Waals surface area contributed by atoms with Gasteiger partial charge < -0.3 is 4.90 Å². The predicted octanol–water partition coefficient (Wildman–Crippen LogP) is 2.34. The van der Waals surface area contributed by atoms with Gasteiger partial charge in [0.15, 0.2) is 0 Å². The van der Waals surface area contributed by atoms with Gasteiger partial charge in [-0.2, -0.15) is 0 Å². The lowest BCUT2D eigenvalue weighted by atomic mass is 10.0. The van der Waals surface area contributed by atoms with E-state index in [1.54, 1.807) is 0 Å². The fraction of sp³-hybridized carbons (Fsp3) is 0.267. The second-order valence-corrected chi connectivity index (χ2v) is 4.89. The van der Waals surface area contributed by atoms with E-state index in [0.717, 1.165) is 13.0 Å². The monoisotopic (exact) mass is 255 g/mol. The summed E-state index contributed by atoms with van der Waals surface area (Å²) in [5.74, 6) is 5.68. The molecule has 0 unspecified atom stereocenters. The standard InChI is InChI=1S/C15H17N3O/c16-18-10-4-9-17(15(18)19)11-13-7-3-6-12-5-1-2-8-14(12)13/h1-3,5-8H,4,9-11,16H2. The van der Waals surface area contributed by atoms with E-state index in [1.165, 1.54) is 21.3 Å². The highest BCUT2D eigenvalue weighted by molar-refractivity contribution is 5.86. The molecule has 2 aromatic carbocycles. The minimum absolute atomic E-state index is 0.0841. The summed E-state index contributed by atoms with van der Waals surface area (Å²) in [7, 11) is 0. The highest BCUT2D eigenvalue weighted by Crippen LogP contribution is 2.21. The van der Waals surface area contributed by atoms with Crippen LogP contribution in [-0.4, -0.2) is 29.0 Å². The fourth-order valence-corrected chi connectivity index (χ4v) is 2.59. The first kappa shape index (κ1) is 12.0. The Kier molecular flexibility index (Phi) is 3.09. The number of benzene rings is 2. The molecule has 0 spiro atoms. The van der Waals surface area contributed by atoms with Crippen molar-refractivity contribution in [2.45, 2.75) is 13.0 Å². The molecule has 1 saturated heterocycles. The molecule has 1 heterocycles. The Morgan fingerprint density at radius 3 is 2.74 bits per heavy atom. The molecule has 1 fully saturated rings. The van der Waals surface area contributed by atoms with Crippen molar-refractivity contribution < 1.29 is 4.79 Å². The zero-order valence-corrected chi connectivity index (χ0v) is 10.7. The molecule has 2 amide bonds. The van der Waals surface area contributed by atoms with E-state index in [2.05, 4.69) is 24.3 Å². The van der Waals surface area contributed by atoms with E-state index in [9.17, 15) is 4.79 Å². The number of nitrogens with two attached hydrogens (primary N) is 1. The highest BCUT2D eigenvalue weighted by atomic mass is 16.2. The first-order valence-corrected chi connectivity index (χ1v) is 6.53. The molecule has 0 atom stereocenters. The second kappa shape index (κ2) is 4.90. The zero-order valence-electron chi connectivity index (χ0n) is 10.7. The van der Waals surface area contributed by atoms with Gasteiger partial charge in [0.05, 0.1) is 0 Å². The minimum Gasteiger partial charge on any atom is -0.319 e. The Labute approximate surface area is 112 Å². The number of amides is 2. The Balaban J connectivity index is 1.91. The van der Waals surface area contributed by atoms with E-state index in [-0.39, 0.29) is 6.03 Å². The number of rotatable bonds is 2. The molecule has 98 valence electrons. The lowest BCUT2D eigenvalue weighted by molar-refractivity contribution is 0.127. The van der Waals surface area contributed by atoms with Crippen LogP contribution in [0.3, 0.4) is 0 Å². The van der Waals surface area contributed by atoms with Crippen molar-refractivity contribution in [2.75, 3.05) is 13.1 Å². The SMILES string of the molecule is NN1CCCN(Cc2cccc3ccccc23)C1=O. The van der Waals surface area contributed by atoms with Gasteiger partial charge in [-0.1, -0.05) is 42.5 Å². The van der Waals surface area contributed by atoms with Gasteiger partial charge in [0.2, 0.25) is 0 Å². The van der Waals surface area contributed by atoms with Crippen molar-refractivity contribution in [3.63, 3.8) is 0 Å². The van der Waals surface area contributed by atoms with Crippen LogP contribution in [0.2, 0.25) is 0 Å². The predicted molar refractivity (Wildman–Crippen MR) is 75.3 cm³/mol. The van der Waals surface area contributed by atoms with Crippen LogP contribution in [0.15, 0.2) is 42.5 Å². The van der Waals surface area contributed by atoms with Gasteiger partial charge in [0, 0.05) is 19.6 Å². The fourth-order valence-electron chi connectivity index (χ4n) is 2.59. The number of carbonyl (C=O) groups excluding carboxylic acids is 1. The van der Waals surface area contributed by atoms with Crippen molar-refractivity contribution in [2.24, 2.45) is 5.84 Å². The number of urea groups is 1. The summed E-state index contributed by atoms with van der Waals surface area (Å²) in [4.78, 5) is 13.8. The van der Waals surface area contributed by atoms with Crippen LogP contribution in [0.4, 0.5) is 4.79 Å². The molecule has 0 saturated carbocycles. The van der Waals surface area contributed by atoms with Crippen molar-refractivity contribution in [3.8, 4) is 0 Å². The van der Waals surface area contributed by atoms with Gasteiger partial charge in [-0.15, -0.1) is 0 Å². The molecular weight excluding hydrogens is 238 g/mol. The van der Waals surface area contributed by atoms with Crippen LogP contribution in [0.25, 0.3) is 10.8 Å². The maximum atomic E-state index is 12.0. The first-order chi connectivity index (χ1) is 9.25. The third-order valence-corrected chi connectivity index (χ3v) is 3.58. The number of hydrogen-bond acceptors (Lipinski definition) is 2. The van der Waals surface area contributed by atoms with Gasteiger partial charge >= 0.3 is 6.03 Å². The number of fused-ring (bicyclic) bond motifs is 1. The van der Waals surface area contributed by atoms with Crippen molar-refractivity contribution in [1.82, 2.24) is 9.91 Å². The summed E-state index contributed by atoms with van der Waals surface area (Å²) >= 11 is 0. The lowest BCUT2D eigenvalue weighted by Crippen LogP contribution is -2.52. The summed E-state index contributed by atoms with van der Waals surface area (Å²) in [6.45, 7) is 2.04. The normalized spacial score (nSPS) is 16.2. The van der Waals surface area contributed by atoms with Crippen LogP contribution in [0, 0.1) is 0 Å². The van der Waals surface area contributed by atoms with Gasteiger partial charge in [-0.25, -0.2) is 10.6 Å². The third kappa shape index (κ3) is 2.27. The van der Waals surface area contributed by atoms with Crippen LogP contribution >= 0.6 is 0 Å². The van der Waals surface area contributed by atoms with E-state index in [1.807, 2.05) is 23.1 Å². The molecular formula is C15H17N3O. The molecule has 0 bridgehead atoms. The summed E-state index contributed by atoms with van der Waals surface area (Å²) < 4.78 is 0. The van der Waals surface area contributed by atoms with E-state index in [0.29, 0.717) is 13.1 Å². The highest BCUT2D eigenvalue weighted by Gasteiger charge is 2.23. The number of hydrazine groups is 1. The van der Waals surface area contributed by atoms with E-state index >= 15 is 0 Å². The van der Waals surface area contributed by atoms with Crippen molar-refractivity contribution >= 4 is 16.8 Å². The Bertz CT molecular complexity index is 606. The quantitative estimate of drug-likeness (QED) is 0.661. The molecule has 1 aliphatic rings. The summed E-state index contributed by atoms with van der Waals surface area (Å²) in [5.41, 5.74) is 1.17. The molecule has 4 heteroatoms. The van der Waals surface area contributed by atoms with Gasteiger partial charge in [-0.3, -0.25) is 5.01 Å². The summed E-state index contributed by atoms with van der Waals surface area (Å²) in [6, 6.07) is 14.4.